The van der Waals surface area contributed by atoms with Crippen LogP contribution in [0.5, 0.6) is 0 Å². The average Bonchev–Trinajstić information content (AvgIpc) is 2.61. The Morgan fingerprint density at radius 1 is 1.47 bits per heavy atom. The number of hydrogen-bond donors (Lipinski definition) is 2. The Hall–Kier alpha value is -0.580. The molecule has 0 radical (unpaired) electrons. The van der Waals surface area contributed by atoms with Gasteiger partial charge in [-0.1, -0.05) is 24.9 Å². The van der Waals surface area contributed by atoms with Gasteiger partial charge in [0.2, 0.25) is 0 Å². The van der Waals surface area contributed by atoms with Crippen molar-refractivity contribution in [3.05, 3.63) is 16.4 Å². The molecule has 5 heteroatoms. The van der Waals surface area contributed by atoms with Crippen molar-refractivity contribution in [1.29, 1.82) is 0 Å². The molecule has 0 bridgehead atoms. The minimum Gasteiger partial charge on any atom is -0.389 e. The van der Waals surface area contributed by atoms with Crippen LogP contribution in [-0.2, 0) is 13.1 Å². The number of nitrogens with one attached hydrogen (secondary N) is 1. The lowest BCUT2D eigenvalue weighted by atomic mass is 9.80. The van der Waals surface area contributed by atoms with E-state index in [0.29, 0.717) is 13.1 Å². The molecule has 1 aliphatic rings. The first-order valence-electron chi connectivity index (χ1n) is 7.20. The van der Waals surface area contributed by atoms with Gasteiger partial charge in [0.25, 0.3) is 0 Å². The highest BCUT2D eigenvalue weighted by molar-refractivity contribution is 6.30. The lowest BCUT2D eigenvalue weighted by Gasteiger charge is -2.36. The Labute approximate surface area is 120 Å². The molecule has 1 saturated carbocycles. The van der Waals surface area contributed by atoms with Crippen LogP contribution >= 0.6 is 11.6 Å². The van der Waals surface area contributed by atoms with Gasteiger partial charge in [0.05, 0.1) is 11.3 Å². The third-order valence-corrected chi connectivity index (χ3v) is 4.37. The van der Waals surface area contributed by atoms with E-state index in [2.05, 4.69) is 17.3 Å². The summed E-state index contributed by atoms with van der Waals surface area (Å²) in [5.74, 6) is 0. The van der Waals surface area contributed by atoms with Crippen LogP contribution in [0.3, 0.4) is 0 Å². The first-order valence-corrected chi connectivity index (χ1v) is 7.58. The van der Waals surface area contributed by atoms with E-state index < -0.39 is 5.60 Å². The summed E-state index contributed by atoms with van der Waals surface area (Å²) in [6.45, 7) is 6.34. The van der Waals surface area contributed by atoms with Gasteiger partial charge in [-0.05, 0) is 32.6 Å². The number of aryl methyl sites for hydroxylation is 2. The van der Waals surface area contributed by atoms with Crippen molar-refractivity contribution < 1.29 is 5.11 Å². The van der Waals surface area contributed by atoms with Crippen LogP contribution in [0, 0.1) is 6.92 Å². The molecule has 1 aliphatic carbocycles. The highest BCUT2D eigenvalue weighted by Crippen LogP contribution is 2.30. The zero-order valence-corrected chi connectivity index (χ0v) is 12.6. The van der Waals surface area contributed by atoms with Crippen molar-refractivity contribution in [2.24, 2.45) is 0 Å². The zero-order chi connectivity index (χ0) is 13.9. The molecule has 2 N–H and O–H groups in total. The Balaban J connectivity index is 1.90. The lowest BCUT2D eigenvalue weighted by Crippen LogP contribution is -2.46. The summed E-state index contributed by atoms with van der Waals surface area (Å²) in [6.07, 6.45) is 5.17. The lowest BCUT2D eigenvalue weighted by molar-refractivity contribution is -0.0314. The number of aromatic nitrogens is 2. The van der Waals surface area contributed by atoms with E-state index in [9.17, 15) is 5.11 Å². The van der Waals surface area contributed by atoms with Crippen molar-refractivity contribution in [3.63, 3.8) is 0 Å². The number of unbranched alkanes of at least 4 members (excludes halogenated alkanes) is 1. The first-order chi connectivity index (χ1) is 9.06. The largest absolute Gasteiger partial charge is 0.389 e. The van der Waals surface area contributed by atoms with Crippen molar-refractivity contribution in [1.82, 2.24) is 15.1 Å². The summed E-state index contributed by atoms with van der Waals surface area (Å²) < 4.78 is 1.88. The van der Waals surface area contributed by atoms with Gasteiger partial charge in [0.1, 0.15) is 5.15 Å². The molecule has 108 valence electrons. The predicted molar refractivity (Wildman–Crippen MR) is 77.4 cm³/mol. The van der Waals surface area contributed by atoms with Crippen LogP contribution in [0.15, 0.2) is 0 Å². The highest BCUT2D eigenvalue weighted by Gasteiger charge is 2.33. The summed E-state index contributed by atoms with van der Waals surface area (Å²) in [4.78, 5) is 0. The molecule has 0 aliphatic heterocycles. The van der Waals surface area contributed by atoms with Crippen molar-refractivity contribution in [3.8, 4) is 0 Å². The first kappa shape index (κ1) is 14.8. The van der Waals surface area contributed by atoms with E-state index in [1.54, 1.807) is 0 Å². The minimum absolute atomic E-state index is 0.488. The normalized spacial score (nSPS) is 17.5. The molecule has 0 unspecified atom stereocenters. The van der Waals surface area contributed by atoms with Gasteiger partial charge in [-0.3, -0.25) is 4.68 Å². The molecule has 4 nitrogen and oxygen atoms in total. The monoisotopic (exact) mass is 285 g/mol. The van der Waals surface area contributed by atoms with Crippen LogP contribution < -0.4 is 5.32 Å². The fraction of sp³-hybridized carbons (Fsp3) is 0.786. The molecule has 0 atom stereocenters. The average molecular weight is 286 g/mol. The van der Waals surface area contributed by atoms with Crippen LogP contribution in [-0.4, -0.2) is 27.0 Å². The Kier molecular flexibility index (Phi) is 4.87. The smallest absolute Gasteiger partial charge is 0.131 e. The van der Waals surface area contributed by atoms with E-state index in [1.807, 2.05) is 11.6 Å². The van der Waals surface area contributed by atoms with Crippen molar-refractivity contribution in [2.75, 3.05) is 6.54 Å². The molecule has 0 spiro atoms. The topological polar surface area (TPSA) is 50.1 Å². The van der Waals surface area contributed by atoms with Crippen LogP contribution in [0.1, 0.15) is 50.3 Å². The van der Waals surface area contributed by atoms with Crippen molar-refractivity contribution >= 4 is 11.6 Å². The van der Waals surface area contributed by atoms with Crippen LogP contribution in [0.4, 0.5) is 0 Å². The van der Waals surface area contributed by atoms with E-state index in [1.165, 1.54) is 0 Å². The maximum Gasteiger partial charge on any atom is 0.131 e. The van der Waals surface area contributed by atoms with Crippen LogP contribution in [0.25, 0.3) is 0 Å². The Morgan fingerprint density at radius 3 is 2.79 bits per heavy atom. The molecule has 2 rings (SSSR count). The van der Waals surface area contributed by atoms with Gasteiger partial charge in [-0.2, -0.15) is 5.10 Å². The van der Waals surface area contributed by atoms with Gasteiger partial charge in [-0.15, -0.1) is 0 Å². The third-order valence-electron chi connectivity index (χ3n) is 3.95. The Morgan fingerprint density at radius 2 is 2.21 bits per heavy atom. The summed E-state index contributed by atoms with van der Waals surface area (Å²) in [6, 6.07) is 0. The maximum atomic E-state index is 10.0. The van der Waals surface area contributed by atoms with Crippen molar-refractivity contribution in [2.45, 2.75) is 64.6 Å². The number of aliphatic hydroxyl groups is 1. The second kappa shape index (κ2) is 6.25. The van der Waals surface area contributed by atoms with Gasteiger partial charge in [-0.25, -0.2) is 0 Å². The molecule has 0 amide bonds. The van der Waals surface area contributed by atoms with E-state index in [0.717, 1.165) is 55.1 Å². The number of rotatable bonds is 7. The number of halogens is 1. The van der Waals surface area contributed by atoms with Gasteiger partial charge >= 0.3 is 0 Å². The molecule has 0 aromatic carbocycles. The quantitative estimate of drug-likeness (QED) is 0.810. The fourth-order valence-electron chi connectivity index (χ4n) is 2.43. The number of nitrogens with zero attached hydrogens (tertiary/aromatic N) is 2. The molecular weight excluding hydrogens is 262 g/mol. The molecule has 1 fully saturated rings. The van der Waals surface area contributed by atoms with Gasteiger partial charge < -0.3 is 10.4 Å². The summed E-state index contributed by atoms with van der Waals surface area (Å²) >= 11 is 6.36. The molecule has 1 heterocycles. The second-order valence-electron chi connectivity index (χ2n) is 5.61. The molecule has 0 saturated heterocycles. The zero-order valence-electron chi connectivity index (χ0n) is 11.9. The van der Waals surface area contributed by atoms with Gasteiger partial charge in [0, 0.05) is 25.2 Å². The second-order valence-corrected chi connectivity index (χ2v) is 5.97. The van der Waals surface area contributed by atoms with E-state index in [4.69, 9.17) is 11.6 Å². The van der Waals surface area contributed by atoms with Crippen LogP contribution in [0.2, 0.25) is 5.15 Å². The summed E-state index contributed by atoms with van der Waals surface area (Å²) in [5, 5.41) is 18.6. The summed E-state index contributed by atoms with van der Waals surface area (Å²) in [5.41, 5.74) is 1.55. The molecule has 1 aromatic rings. The SMILES string of the molecule is CCCCn1nc(C)c(CNCC2(O)CCC2)c1Cl. The number of hydrogen-bond acceptors (Lipinski definition) is 3. The van der Waals surface area contributed by atoms with E-state index >= 15 is 0 Å². The Bertz CT molecular complexity index is 427. The maximum absolute atomic E-state index is 10.0. The molecule has 1 aromatic heterocycles. The highest BCUT2D eigenvalue weighted by atomic mass is 35.5. The molecule has 19 heavy (non-hydrogen) atoms. The van der Waals surface area contributed by atoms with Gasteiger partial charge in [0.15, 0.2) is 0 Å². The third kappa shape index (κ3) is 3.50. The predicted octanol–water partition coefficient (Wildman–Crippen LogP) is 2.65. The summed E-state index contributed by atoms with van der Waals surface area (Å²) in [7, 11) is 0. The minimum atomic E-state index is -0.488. The molecular formula is C14H24ClN3O. The fourth-order valence-corrected chi connectivity index (χ4v) is 2.75. The standard InChI is InChI=1S/C14H24ClN3O/c1-3-4-8-18-13(15)12(11(2)17-18)9-16-10-14(19)6-5-7-14/h16,19H,3-10H2,1-2H3. The van der Waals surface area contributed by atoms with E-state index in [-0.39, 0.29) is 0 Å².